The van der Waals surface area contributed by atoms with Crippen LogP contribution in [0, 0.1) is 5.92 Å². The molecular weight excluding hydrogens is 336 g/mol. The van der Waals surface area contributed by atoms with Gasteiger partial charge in [0.25, 0.3) is 0 Å². The lowest BCUT2D eigenvalue weighted by atomic mass is 9.83. The Bertz CT molecular complexity index is 458. The maximum atomic E-state index is 12.4. The molecule has 1 N–H and O–H groups in total. The molecule has 0 aromatic carbocycles. The van der Waals surface area contributed by atoms with E-state index in [2.05, 4.69) is 39.2 Å². The van der Waals surface area contributed by atoms with Gasteiger partial charge in [0.15, 0.2) is 8.32 Å². The fourth-order valence-corrected chi connectivity index (χ4v) is 3.43. The molecule has 0 aromatic heterocycles. The number of nitrogens with one attached hydrogen (secondary N) is 1. The van der Waals surface area contributed by atoms with Crippen molar-refractivity contribution in [1.29, 1.82) is 0 Å². The molecule has 6 nitrogen and oxygen atoms in total. The van der Waals surface area contributed by atoms with E-state index in [9.17, 15) is 14.7 Å². The summed E-state index contributed by atoms with van der Waals surface area (Å²) in [7, 11) is -1.86. The molecule has 1 rings (SSSR count). The molecule has 0 aromatic rings. The minimum Gasteiger partial charge on any atom is -0.548 e. The van der Waals surface area contributed by atoms with Crippen LogP contribution in [0.1, 0.15) is 53.4 Å². The van der Waals surface area contributed by atoms with Gasteiger partial charge in [-0.3, -0.25) is 0 Å². The Morgan fingerprint density at radius 3 is 2.32 bits per heavy atom. The molecule has 1 aliphatic carbocycles. The first kappa shape index (κ1) is 22.0. The minimum atomic E-state index is -1.86. The zero-order valence-corrected chi connectivity index (χ0v) is 17.7. The highest BCUT2D eigenvalue weighted by molar-refractivity contribution is 6.74. The van der Waals surface area contributed by atoms with Crippen LogP contribution < -0.4 is 10.4 Å². The summed E-state index contributed by atoms with van der Waals surface area (Å²) in [5.41, 5.74) is 0. The van der Waals surface area contributed by atoms with Crippen LogP contribution in [0.5, 0.6) is 0 Å². The average Bonchev–Trinajstić information content (AvgIpc) is 2.42. The van der Waals surface area contributed by atoms with Crippen LogP contribution in [0.25, 0.3) is 0 Å². The van der Waals surface area contributed by atoms with E-state index in [0.29, 0.717) is 25.6 Å². The predicted octanol–water partition coefficient (Wildman–Crippen LogP) is 2.35. The number of carboxylic acid groups (broad SMARTS) is 1. The Kier molecular flexibility index (Phi) is 7.93. The third kappa shape index (κ3) is 6.97. The summed E-state index contributed by atoms with van der Waals surface area (Å²) in [6, 6.07) is -1.35. The van der Waals surface area contributed by atoms with E-state index < -0.39 is 20.3 Å². The second-order valence-corrected chi connectivity index (χ2v) is 13.5. The first-order chi connectivity index (χ1) is 11.4. The van der Waals surface area contributed by atoms with E-state index in [1.807, 2.05) is 0 Å². The normalized spacial score (nSPS) is 16.9. The lowest BCUT2D eigenvalue weighted by Gasteiger charge is -2.37. The molecule has 0 spiro atoms. The van der Waals surface area contributed by atoms with Crippen LogP contribution in [-0.2, 0) is 9.22 Å². The fourth-order valence-electron chi connectivity index (χ4n) is 2.40. The first-order valence-corrected chi connectivity index (χ1v) is 12.2. The van der Waals surface area contributed by atoms with Crippen LogP contribution >= 0.6 is 0 Å². The summed E-state index contributed by atoms with van der Waals surface area (Å²) in [5, 5.41) is 13.5. The average molecular weight is 372 g/mol. The molecule has 0 heterocycles. The van der Waals surface area contributed by atoms with Crippen LogP contribution in [0.15, 0.2) is 0 Å². The number of amides is 2. The summed E-state index contributed by atoms with van der Waals surface area (Å²) in [4.78, 5) is 25.0. The third-order valence-electron chi connectivity index (χ3n) is 5.64. The van der Waals surface area contributed by atoms with Crippen molar-refractivity contribution in [3.8, 4) is 0 Å². The number of hydrogen-bond donors (Lipinski definition) is 1. The molecule has 1 fully saturated rings. The molecule has 0 saturated heterocycles. The van der Waals surface area contributed by atoms with Gasteiger partial charge in [-0.05, 0) is 37.4 Å². The summed E-state index contributed by atoms with van der Waals surface area (Å²) < 4.78 is 6.16. The summed E-state index contributed by atoms with van der Waals surface area (Å²) in [5.74, 6) is -0.583. The van der Waals surface area contributed by atoms with Crippen molar-refractivity contribution < 1.29 is 19.1 Å². The summed E-state index contributed by atoms with van der Waals surface area (Å²) in [6.07, 6.45) is 4.69. The monoisotopic (exact) mass is 371 g/mol. The lowest BCUT2D eigenvalue weighted by molar-refractivity contribution is -0.307. The number of aliphatic carboxylic acids is 1. The maximum Gasteiger partial charge on any atom is 0.317 e. The van der Waals surface area contributed by atoms with Crippen LogP contribution in [0.2, 0.25) is 18.1 Å². The molecule has 0 bridgehead atoms. The Morgan fingerprint density at radius 1 is 1.28 bits per heavy atom. The number of carbonyl (C=O) groups excluding carboxylic acids is 2. The fraction of sp³-hybridized carbons (Fsp3) is 0.889. The van der Waals surface area contributed by atoms with Gasteiger partial charge in [-0.1, -0.05) is 40.0 Å². The van der Waals surface area contributed by atoms with Crippen molar-refractivity contribution in [1.82, 2.24) is 10.2 Å². The van der Waals surface area contributed by atoms with E-state index in [1.54, 1.807) is 4.90 Å². The highest BCUT2D eigenvalue weighted by Crippen LogP contribution is 2.36. The lowest BCUT2D eigenvalue weighted by Crippen LogP contribution is -2.52. The van der Waals surface area contributed by atoms with Crippen molar-refractivity contribution in [2.75, 3.05) is 19.7 Å². The van der Waals surface area contributed by atoms with Gasteiger partial charge in [0.1, 0.15) is 0 Å². The van der Waals surface area contributed by atoms with Gasteiger partial charge in [-0.25, -0.2) is 4.79 Å². The minimum absolute atomic E-state index is 0.121. The van der Waals surface area contributed by atoms with Crippen molar-refractivity contribution in [2.24, 2.45) is 5.92 Å². The number of carboxylic acids is 1. The number of hydrogen-bond acceptors (Lipinski definition) is 4. The number of carbonyl (C=O) groups is 2. The quantitative estimate of drug-likeness (QED) is 0.631. The third-order valence-corrected chi connectivity index (χ3v) is 10.2. The van der Waals surface area contributed by atoms with Gasteiger partial charge in [0, 0.05) is 13.1 Å². The second-order valence-electron chi connectivity index (χ2n) is 8.67. The van der Waals surface area contributed by atoms with Gasteiger partial charge >= 0.3 is 6.03 Å². The number of nitrogens with zero attached hydrogens (tertiary/aromatic N) is 1. The number of urea groups is 1. The van der Waals surface area contributed by atoms with Gasteiger partial charge in [0.2, 0.25) is 0 Å². The van der Waals surface area contributed by atoms with Crippen LogP contribution in [-0.4, -0.2) is 51.0 Å². The molecule has 1 saturated carbocycles. The van der Waals surface area contributed by atoms with Crippen LogP contribution in [0.4, 0.5) is 4.79 Å². The maximum absolute atomic E-state index is 12.4. The highest BCUT2D eigenvalue weighted by atomic mass is 28.4. The Morgan fingerprint density at radius 2 is 1.88 bits per heavy atom. The largest absolute Gasteiger partial charge is 0.548 e. The van der Waals surface area contributed by atoms with Gasteiger partial charge in [-0.15, -0.1) is 0 Å². The Hall–Kier alpha value is -1.08. The van der Waals surface area contributed by atoms with E-state index in [4.69, 9.17) is 4.43 Å². The van der Waals surface area contributed by atoms with Crippen molar-refractivity contribution in [3.05, 3.63) is 0 Å². The molecule has 25 heavy (non-hydrogen) atoms. The molecule has 1 atom stereocenters. The molecule has 0 aliphatic heterocycles. The smallest absolute Gasteiger partial charge is 0.317 e. The second kappa shape index (κ2) is 9.03. The Balaban J connectivity index is 2.57. The van der Waals surface area contributed by atoms with Crippen LogP contribution in [0.3, 0.4) is 0 Å². The topological polar surface area (TPSA) is 81.7 Å². The summed E-state index contributed by atoms with van der Waals surface area (Å²) in [6.45, 7) is 13.9. The van der Waals surface area contributed by atoms with Gasteiger partial charge < -0.3 is 24.5 Å². The summed E-state index contributed by atoms with van der Waals surface area (Å²) >= 11 is 0. The van der Waals surface area contributed by atoms with E-state index in [-0.39, 0.29) is 11.1 Å². The zero-order chi connectivity index (χ0) is 19.3. The van der Waals surface area contributed by atoms with E-state index in [0.717, 1.165) is 6.42 Å². The Labute approximate surface area is 153 Å². The molecule has 1 aliphatic rings. The number of rotatable bonds is 9. The zero-order valence-electron chi connectivity index (χ0n) is 16.7. The first-order valence-electron chi connectivity index (χ1n) is 9.34. The molecule has 2 amide bonds. The molecule has 146 valence electrons. The predicted molar refractivity (Wildman–Crippen MR) is 99.7 cm³/mol. The van der Waals surface area contributed by atoms with E-state index >= 15 is 0 Å². The molecule has 0 radical (unpaired) electrons. The highest BCUT2D eigenvalue weighted by Gasteiger charge is 2.37. The van der Waals surface area contributed by atoms with Gasteiger partial charge in [-0.2, -0.15) is 0 Å². The molecule has 0 unspecified atom stereocenters. The van der Waals surface area contributed by atoms with E-state index in [1.165, 1.54) is 26.2 Å². The van der Waals surface area contributed by atoms with Crippen molar-refractivity contribution >= 4 is 20.3 Å². The van der Waals surface area contributed by atoms with Crippen molar-refractivity contribution in [3.63, 3.8) is 0 Å². The SMILES string of the molecule is C[C@H](NC(=O)N(CCO[Si](C)(C)C(C)(C)C)CCC1CCC1)C(=O)[O-]. The van der Waals surface area contributed by atoms with Crippen molar-refractivity contribution in [2.45, 2.75) is 77.6 Å². The van der Waals surface area contributed by atoms with Gasteiger partial charge in [0.05, 0.1) is 18.6 Å². The molecular formula is C18H35N2O4Si-. The molecule has 7 heteroatoms. The standard InChI is InChI=1S/C18H36N2O4Si/c1-14(16(21)22)19-17(23)20(11-10-15-8-7-9-15)12-13-24-25(5,6)18(2,3)4/h14-15H,7-13H2,1-6H3,(H,19,23)(H,21,22)/p-1/t14-/m0/s1.